The molecule has 168 valence electrons. The van der Waals surface area contributed by atoms with Crippen LogP contribution in [0.5, 0.6) is 11.5 Å². The van der Waals surface area contributed by atoms with Gasteiger partial charge < -0.3 is 14.8 Å². The predicted molar refractivity (Wildman–Crippen MR) is 132 cm³/mol. The Morgan fingerprint density at radius 3 is 2.42 bits per heavy atom. The molecule has 3 aromatic carbocycles. The van der Waals surface area contributed by atoms with Crippen molar-refractivity contribution < 1.29 is 14.3 Å². The van der Waals surface area contributed by atoms with Gasteiger partial charge in [-0.05, 0) is 64.5 Å². The Hall–Kier alpha value is -3.30. The molecular weight excluding hydrogens is 504 g/mol. The van der Waals surface area contributed by atoms with Gasteiger partial charge in [-0.2, -0.15) is 0 Å². The number of para-hydroxylation sites is 2. The summed E-state index contributed by atoms with van der Waals surface area (Å²) < 4.78 is 13.9. The predicted octanol–water partition coefficient (Wildman–Crippen LogP) is 5.35. The number of aromatic nitrogens is 3. The van der Waals surface area contributed by atoms with Gasteiger partial charge in [0.05, 0.1) is 18.6 Å². The van der Waals surface area contributed by atoms with Crippen LogP contribution in [-0.2, 0) is 11.4 Å². The fraction of sp³-hybridized carbons (Fsp3) is 0.125. The zero-order valence-corrected chi connectivity index (χ0v) is 20.2. The third-order valence-electron chi connectivity index (χ3n) is 4.62. The van der Waals surface area contributed by atoms with Gasteiger partial charge in [-0.3, -0.25) is 9.36 Å². The highest BCUT2D eigenvalue weighted by atomic mass is 79.9. The van der Waals surface area contributed by atoms with Crippen molar-refractivity contribution in [1.82, 2.24) is 14.8 Å². The van der Waals surface area contributed by atoms with Gasteiger partial charge in [0.2, 0.25) is 5.91 Å². The minimum atomic E-state index is -0.140. The molecule has 0 aliphatic heterocycles. The Morgan fingerprint density at radius 2 is 1.70 bits per heavy atom. The number of rotatable bonds is 9. The molecule has 0 spiro atoms. The van der Waals surface area contributed by atoms with Gasteiger partial charge in [-0.1, -0.05) is 42.1 Å². The Labute approximate surface area is 204 Å². The second-order valence-corrected chi connectivity index (χ2v) is 8.65. The second-order valence-electron chi connectivity index (χ2n) is 6.85. The molecule has 4 aromatic rings. The van der Waals surface area contributed by atoms with Crippen molar-refractivity contribution in [1.29, 1.82) is 0 Å². The van der Waals surface area contributed by atoms with E-state index in [-0.39, 0.29) is 18.3 Å². The number of nitrogens with zero attached hydrogens (tertiary/aromatic N) is 3. The molecule has 0 atom stereocenters. The SMILES string of the molecule is COc1ccc(-n2c(COc3ccccc3)nnc2SCC(=O)Nc2ccccc2Br)cc1. The molecule has 0 saturated carbocycles. The van der Waals surface area contributed by atoms with E-state index in [4.69, 9.17) is 9.47 Å². The minimum absolute atomic E-state index is 0.140. The van der Waals surface area contributed by atoms with E-state index in [2.05, 4.69) is 31.4 Å². The van der Waals surface area contributed by atoms with Crippen LogP contribution in [0.1, 0.15) is 5.82 Å². The van der Waals surface area contributed by atoms with Crippen molar-refractivity contribution in [2.24, 2.45) is 0 Å². The number of nitrogens with one attached hydrogen (secondary N) is 1. The van der Waals surface area contributed by atoms with Crippen molar-refractivity contribution in [3.8, 4) is 17.2 Å². The van der Waals surface area contributed by atoms with Gasteiger partial charge in [0, 0.05) is 10.2 Å². The molecular formula is C24H21BrN4O3S. The highest BCUT2D eigenvalue weighted by molar-refractivity contribution is 9.10. The lowest BCUT2D eigenvalue weighted by Crippen LogP contribution is -2.15. The van der Waals surface area contributed by atoms with Crippen LogP contribution >= 0.6 is 27.7 Å². The van der Waals surface area contributed by atoms with Crippen LogP contribution in [0.3, 0.4) is 0 Å². The number of benzene rings is 3. The zero-order valence-electron chi connectivity index (χ0n) is 17.8. The smallest absolute Gasteiger partial charge is 0.234 e. The van der Waals surface area contributed by atoms with Crippen molar-refractivity contribution in [2.75, 3.05) is 18.2 Å². The molecule has 1 N–H and O–H groups in total. The maximum atomic E-state index is 12.5. The first-order valence-electron chi connectivity index (χ1n) is 10.1. The van der Waals surface area contributed by atoms with Gasteiger partial charge in [0.15, 0.2) is 11.0 Å². The standard InChI is InChI=1S/C24H21BrN4O3S/c1-31-18-13-11-17(12-14-18)29-22(15-32-19-7-3-2-4-8-19)27-28-24(29)33-16-23(30)26-21-10-6-5-9-20(21)25/h2-14H,15-16H2,1H3,(H,26,30). The fourth-order valence-corrected chi connectivity index (χ4v) is 4.18. The van der Waals surface area contributed by atoms with E-state index >= 15 is 0 Å². The highest BCUT2D eigenvalue weighted by Crippen LogP contribution is 2.26. The molecule has 0 bridgehead atoms. The lowest BCUT2D eigenvalue weighted by molar-refractivity contribution is -0.113. The minimum Gasteiger partial charge on any atom is -0.497 e. The lowest BCUT2D eigenvalue weighted by atomic mass is 10.3. The summed E-state index contributed by atoms with van der Waals surface area (Å²) >= 11 is 4.75. The molecule has 9 heteroatoms. The summed E-state index contributed by atoms with van der Waals surface area (Å²) in [6.45, 7) is 0.229. The largest absolute Gasteiger partial charge is 0.497 e. The molecule has 0 radical (unpaired) electrons. The molecule has 4 rings (SSSR count). The molecule has 0 aliphatic rings. The first-order valence-corrected chi connectivity index (χ1v) is 11.9. The van der Waals surface area contributed by atoms with Crippen molar-refractivity contribution in [3.05, 3.63) is 89.2 Å². The molecule has 0 saturated heterocycles. The van der Waals surface area contributed by atoms with E-state index < -0.39 is 0 Å². The number of anilines is 1. The normalized spacial score (nSPS) is 10.6. The van der Waals surface area contributed by atoms with Crippen LogP contribution in [-0.4, -0.2) is 33.5 Å². The third-order valence-corrected chi connectivity index (χ3v) is 6.24. The lowest BCUT2D eigenvalue weighted by Gasteiger charge is -2.12. The van der Waals surface area contributed by atoms with E-state index in [9.17, 15) is 4.79 Å². The zero-order chi connectivity index (χ0) is 23.0. The first-order chi connectivity index (χ1) is 16.1. The van der Waals surface area contributed by atoms with Crippen LogP contribution in [0.2, 0.25) is 0 Å². The number of hydrogen-bond acceptors (Lipinski definition) is 6. The molecule has 1 aromatic heterocycles. The van der Waals surface area contributed by atoms with E-state index in [0.717, 1.165) is 27.3 Å². The van der Waals surface area contributed by atoms with Gasteiger partial charge in [0.1, 0.15) is 18.1 Å². The second kappa shape index (κ2) is 11.0. The average molecular weight is 525 g/mol. The molecule has 7 nitrogen and oxygen atoms in total. The Bertz CT molecular complexity index is 1220. The van der Waals surface area contributed by atoms with Crippen LogP contribution in [0, 0.1) is 0 Å². The number of thioether (sulfide) groups is 1. The summed E-state index contributed by atoms with van der Waals surface area (Å²) in [4.78, 5) is 12.5. The van der Waals surface area contributed by atoms with Gasteiger partial charge in [-0.15, -0.1) is 10.2 Å². The highest BCUT2D eigenvalue weighted by Gasteiger charge is 2.17. The Morgan fingerprint density at radius 1 is 0.970 bits per heavy atom. The van der Waals surface area contributed by atoms with Gasteiger partial charge in [0.25, 0.3) is 0 Å². The third kappa shape index (κ3) is 5.94. The number of amides is 1. The molecule has 0 fully saturated rings. The van der Waals surface area contributed by atoms with E-state index in [1.165, 1.54) is 11.8 Å². The van der Waals surface area contributed by atoms with E-state index in [1.54, 1.807) is 7.11 Å². The number of carbonyl (C=O) groups excluding carboxylic acids is 1. The Kier molecular flexibility index (Phi) is 7.64. The topological polar surface area (TPSA) is 78.3 Å². The fourth-order valence-electron chi connectivity index (χ4n) is 3.02. The summed E-state index contributed by atoms with van der Waals surface area (Å²) in [5.74, 6) is 2.14. The van der Waals surface area contributed by atoms with Gasteiger partial charge in [-0.25, -0.2) is 0 Å². The summed E-state index contributed by atoms with van der Waals surface area (Å²) in [5.41, 5.74) is 1.57. The number of methoxy groups -OCH3 is 1. The number of carbonyl (C=O) groups is 1. The summed E-state index contributed by atoms with van der Waals surface area (Å²) in [7, 11) is 1.62. The molecule has 1 amide bonds. The maximum Gasteiger partial charge on any atom is 0.234 e. The number of ether oxygens (including phenoxy) is 2. The molecule has 0 unspecified atom stereocenters. The number of halogens is 1. The van der Waals surface area contributed by atoms with Crippen LogP contribution in [0.4, 0.5) is 5.69 Å². The quantitative estimate of drug-likeness (QED) is 0.297. The molecule has 33 heavy (non-hydrogen) atoms. The first kappa shape index (κ1) is 22.9. The Balaban J connectivity index is 1.52. The van der Waals surface area contributed by atoms with Crippen molar-refractivity contribution in [2.45, 2.75) is 11.8 Å². The summed E-state index contributed by atoms with van der Waals surface area (Å²) in [6, 6.07) is 24.6. The van der Waals surface area contributed by atoms with Gasteiger partial charge >= 0.3 is 0 Å². The average Bonchev–Trinajstić information content (AvgIpc) is 3.26. The van der Waals surface area contributed by atoms with Crippen molar-refractivity contribution >= 4 is 39.3 Å². The summed E-state index contributed by atoms with van der Waals surface area (Å²) in [5, 5.41) is 12.1. The van der Waals surface area contributed by atoms with Crippen molar-refractivity contribution in [3.63, 3.8) is 0 Å². The molecule has 1 heterocycles. The van der Waals surface area contributed by atoms with Crippen LogP contribution in [0.25, 0.3) is 5.69 Å². The van der Waals surface area contributed by atoms with Crippen LogP contribution < -0.4 is 14.8 Å². The maximum absolute atomic E-state index is 12.5. The summed E-state index contributed by atoms with van der Waals surface area (Å²) in [6.07, 6.45) is 0. The van der Waals surface area contributed by atoms with E-state index in [1.807, 2.05) is 83.4 Å². The monoisotopic (exact) mass is 524 g/mol. The van der Waals surface area contributed by atoms with Crippen LogP contribution in [0.15, 0.2) is 88.5 Å². The molecule has 0 aliphatic carbocycles. The van der Waals surface area contributed by atoms with E-state index in [0.29, 0.717) is 11.0 Å². The number of hydrogen-bond donors (Lipinski definition) is 1.